The Kier molecular flexibility index (Phi) is 3.70. The normalized spacial score (nSPS) is 12.7. The van der Waals surface area contributed by atoms with E-state index in [-0.39, 0.29) is 21.9 Å². The summed E-state index contributed by atoms with van der Waals surface area (Å²) in [6.45, 7) is 5.70. The van der Waals surface area contributed by atoms with Crippen molar-refractivity contribution in [3.8, 4) is 5.69 Å². The zero-order chi connectivity index (χ0) is 16.0. The highest BCUT2D eigenvalue weighted by molar-refractivity contribution is 6.33. The third-order valence-electron chi connectivity index (χ3n) is 2.99. The number of hydrogen-bond donors (Lipinski definition) is 1. The number of nitrogen functional groups attached to an aromatic ring is 1. The van der Waals surface area contributed by atoms with Crippen LogP contribution in [0.1, 0.15) is 32.0 Å². The highest BCUT2D eigenvalue weighted by Gasteiger charge is 2.31. The van der Waals surface area contributed by atoms with Gasteiger partial charge in [-0.2, -0.15) is 18.3 Å². The Morgan fingerprint density at radius 2 is 1.81 bits per heavy atom. The van der Waals surface area contributed by atoms with Gasteiger partial charge in [0, 0.05) is 5.41 Å². The van der Waals surface area contributed by atoms with Crippen molar-refractivity contribution >= 4 is 17.4 Å². The molecule has 7 heteroatoms. The van der Waals surface area contributed by atoms with E-state index in [1.165, 1.54) is 16.8 Å². The average Bonchev–Trinajstić information content (AvgIpc) is 2.65. The summed E-state index contributed by atoms with van der Waals surface area (Å²) in [6.07, 6.45) is -4.42. The van der Waals surface area contributed by atoms with Crippen molar-refractivity contribution in [2.24, 2.45) is 0 Å². The van der Waals surface area contributed by atoms with Crippen LogP contribution in [-0.4, -0.2) is 9.78 Å². The molecule has 0 aliphatic carbocycles. The Hall–Kier alpha value is -1.69. The molecule has 1 aromatic carbocycles. The average molecular weight is 318 g/mol. The molecule has 0 radical (unpaired) electrons. The van der Waals surface area contributed by atoms with Crippen molar-refractivity contribution in [1.82, 2.24) is 9.78 Å². The van der Waals surface area contributed by atoms with Gasteiger partial charge in [0.1, 0.15) is 10.8 Å². The Morgan fingerprint density at radius 1 is 1.19 bits per heavy atom. The van der Waals surface area contributed by atoms with E-state index in [1.54, 1.807) is 0 Å². The maximum Gasteiger partial charge on any atom is 0.416 e. The Balaban J connectivity index is 2.58. The Labute approximate surface area is 125 Å². The first kappa shape index (κ1) is 15.7. The van der Waals surface area contributed by atoms with Crippen LogP contribution in [0.25, 0.3) is 5.69 Å². The molecule has 0 saturated heterocycles. The van der Waals surface area contributed by atoms with Crippen LogP contribution in [0.5, 0.6) is 0 Å². The van der Waals surface area contributed by atoms with Crippen LogP contribution in [0.4, 0.5) is 19.0 Å². The second-order valence-corrected chi connectivity index (χ2v) is 6.14. The number of anilines is 1. The van der Waals surface area contributed by atoms with Gasteiger partial charge in [0.2, 0.25) is 0 Å². The number of halogens is 4. The lowest BCUT2D eigenvalue weighted by molar-refractivity contribution is -0.137. The standard InChI is InChI=1S/C14H15ClF3N3/c1-13(2,3)11-10(15)12(19)21(20-11)9-6-4-5-8(7-9)14(16,17)18/h4-7H,19H2,1-3H3. The molecule has 0 bridgehead atoms. The fourth-order valence-corrected chi connectivity index (χ4v) is 2.30. The van der Waals surface area contributed by atoms with E-state index in [1.807, 2.05) is 20.8 Å². The summed E-state index contributed by atoms with van der Waals surface area (Å²) in [6, 6.07) is 4.80. The first-order valence-corrected chi connectivity index (χ1v) is 6.61. The summed E-state index contributed by atoms with van der Waals surface area (Å²) >= 11 is 6.15. The molecule has 0 saturated carbocycles. The second kappa shape index (κ2) is 4.94. The second-order valence-electron chi connectivity index (χ2n) is 5.76. The maximum atomic E-state index is 12.8. The zero-order valence-electron chi connectivity index (χ0n) is 11.8. The fourth-order valence-electron chi connectivity index (χ4n) is 1.90. The molecule has 0 aliphatic rings. The SMILES string of the molecule is CC(C)(C)c1nn(-c2cccc(C(F)(F)F)c2)c(N)c1Cl. The lowest BCUT2D eigenvalue weighted by atomic mass is 9.92. The molecule has 0 unspecified atom stereocenters. The summed E-state index contributed by atoms with van der Waals surface area (Å²) in [5, 5.41) is 4.53. The number of aromatic nitrogens is 2. The highest BCUT2D eigenvalue weighted by Crippen LogP contribution is 2.35. The Morgan fingerprint density at radius 3 is 2.29 bits per heavy atom. The van der Waals surface area contributed by atoms with E-state index in [9.17, 15) is 13.2 Å². The van der Waals surface area contributed by atoms with Crippen LogP contribution in [-0.2, 0) is 11.6 Å². The molecular weight excluding hydrogens is 303 g/mol. The summed E-state index contributed by atoms with van der Waals surface area (Å²) in [4.78, 5) is 0. The van der Waals surface area contributed by atoms with E-state index in [2.05, 4.69) is 5.10 Å². The van der Waals surface area contributed by atoms with Gasteiger partial charge in [-0.3, -0.25) is 0 Å². The van der Waals surface area contributed by atoms with Gasteiger partial charge in [-0.1, -0.05) is 38.4 Å². The number of benzene rings is 1. The first-order chi connectivity index (χ1) is 9.51. The van der Waals surface area contributed by atoms with Gasteiger partial charge in [-0.05, 0) is 18.2 Å². The zero-order valence-corrected chi connectivity index (χ0v) is 12.5. The monoisotopic (exact) mass is 317 g/mol. The van der Waals surface area contributed by atoms with Crippen molar-refractivity contribution in [3.63, 3.8) is 0 Å². The molecule has 2 rings (SSSR count). The molecule has 0 aliphatic heterocycles. The molecule has 3 nitrogen and oxygen atoms in total. The number of rotatable bonds is 1. The van der Waals surface area contributed by atoms with Gasteiger partial charge in [0.05, 0.1) is 16.9 Å². The molecule has 2 N–H and O–H groups in total. The summed E-state index contributed by atoms with van der Waals surface area (Å²) < 4.78 is 39.5. The van der Waals surface area contributed by atoms with E-state index in [0.29, 0.717) is 5.69 Å². The number of alkyl halides is 3. The first-order valence-electron chi connectivity index (χ1n) is 6.24. The van der Waals surface area contributed by atoms with Crippen molar-refractivity contribution < 1.29 is 13.2 Å². The van der Waals surface area contributed by atoms with E-state index in [4.69, 9.17) is 17.3 Å². The van der Waals surface area contributed by atoms with Crippen LogP contribution in [0.3, 0.4) is 0 Å². The van der Waals surface area contributed by atoms with Crippen molar-refractivity contribution in [1.29, 1.82) is 0 Å². The van der Waals surface area contributed by atoms with Crippen LogP contribution in [0.2, 0.25) is 5.02 Å². The molecule has 1 aromatic heterocycles. The van der Waals surface area contributed by atoms with Gasteiger partial charge in [0.25, 0.3) is 0 Å². The number of nitrogens with zero attached hydrogens (tertiary/aromatic N) is 2. The van der Waals surface area contributed by atoms with Crippen LogP contribution in [0.15, 0.2) is 24.3 Å². The lowest BCUT2D eigenvalue weighted by Crippen LogP contribution is -2.13. The predicted octanol–water partition coefficient (Wildman–Crippen LogP) is 4.42. The summed E-state index contributed by atoms with van der Waals surface area (Å²) in [5.74, 6) is 0.126. The molecule has 0 atom stereocenters. The molecular formula is C14H15ClF3N3. The quantitative estimate of drug-likeness (QED) is 0.846. The molecule has 21 heavy (non-hydrogen) atoms. The number of hydrogen-bond acceptors (Lipinski definition) is 2. The molecule has 0 fully saturated rings. The van der Waals surface area contributed by atoms with Gasteiger partial charge >= 0.3 is 6.18 Å². The van der Waals surface area contributed by atoms with Gasteiger partial charge < -0.3 is 5.73 Å². The van der Waals surface area contributed by atoms with Gasteiger partial charge in [-0.25, -0.2) is 4.68 Å². The van der Waals surface area contributed by atoms with Crippen molar-refractivity contribution in [2.45, 2.75) is 32.4 Å². The predicted molar refractivity (Wildman–Crippen MR) is 76.7 cm³/mol. The van der Waals surface area contributed by atoms with Crippen LogP contribution >= 0.6 is 11.6 Å². The smallest absolute Gasteiger partial charge is 0.382 e. The highest BCUT2D eigenvalue weighted by atomic mass is 35.5. The van der Waals surface area contributed by atoms with Crippen LogP contribution in [0, 0.1) is 0 Å². The maximum absolute atomic E-state index is 12.8. The van der Waals surface area contributed by atoms with E-state index in [0.717, 1.165) is 12.1 Å². The Bertz CT molecular complexity index is 669. The third-order valence-corrected chi connectivity index (χ3v) is 3.36. The molecule has 0 amide bonds. The van der Waals surface area contributed by atoms with E-state index < -0.39 is 11.7 Å². The molecule has 1 heterocycles. The van der Waals surface area contributed by atoms with Crippen molar-refractivity contribution in [2.75, 3.05) is 5.73 Å². The van der Waals surface area contributed by atoms with Gasteiger partial charge in [0.15, 0.2) is 0 Å². The topological polar surface area (TPSA) is 43.8 Å². The minimum Gasteiger partial charge on any atom is -0.382 e. The fraction of sp³-hybridized carbons (Fsp3) is 0.357. The minimum atomic E-state index is -4.42. The molecule has 2 aromatic rings. The van der Waals surface area contributed by atoms with Crippen molar-refractivity contribution in [3.05, 3.63) is 40.5 Å². The molecule has 114 valence electrons. The van der Waals surface area contributed by atoms with Gasteiger partial charge in [-0.15, -0.1) is 0 Å². The number of nitrogens with two attached hydrogens (primary N) is 1. The third kappa shape index (κ3) is 3.00. The minimum absolute atomic E-state index is 0.126. The summed E-state index contributed by atoms with van der Waals surface area (Å²) in [7, 11) is 0. The van der Waals surface area contributed by atoms with Crippen LogP contribution < -0.4 is 5.73 Å². The largest absolute Gasteiger partial charge is 0.416 e. The van der Waals surface area contributed by atoms with E-state index >= 15 is 0 Å². The lowest BCUT2D eigenvalue weighted by Gasteiger charge is -2.15. The summed E-state index contributed by atoms with van der Waals surface area (Å²) in [5.41, 5.74) is 5.52. The molecule has 0 spiro atoms.